The van der Waals surface area contributed by atoms with Gasteiger partial charge in [-0.05, 0) is 61.5 Å². The third-order valence-electron chi connectivity index (χ3n) is 6.85. The van der Waals surface area contributed by atoms with Gasteiger partial charge in [-0.1, -0.05) is 5.21 Å². The summed E-state index contributed by atoms with van der Waals surface area (Å²) in [6.45, 7) is 1.95. The van der Waals surface area contributed by atoms with E-state index in [0.717, 1.165) is 36.2 Å². The summed E-state index contributed by atoms with van der Waals surface area (Å²) in [6.07, 6.45) is 4.52. The van der Waals surface area contributed by atoms with Crippen LogP contribution in [-0.2, 0) is 29.0 Å². The Hall–Kier alpha value is -4.77. The topological polar surface area (TPSA) is 180 Å². The van der Waals surface area contributed by atoms with E-state index in [0.29, 0.717) is 49.2 Å². The number of rotatable bonds is 9. The van der Waals surface area contributed by atoms with Crippen LogP contribution in [0.1, 0.15) is 28.8 Å². The SMILES string of the molecule is N#Cc1cc(OCc2cnn[nH]2)cc2c1CC(CNCCC1CN(c3cnc4c(n3)NC(=O)CO4)C(=O)O1)C2. The van der Waals surface area contributed by atoms with E-state index in [1.165, 1.54) is 11.1 Å². The maximum absolute atomic E-state index is 12.4. The van der Waals surface area contributed by atoms with E-state index in [-0.39, 0.29) is 30.3 Å². The number of carbonyl (C=O) groups excluding carboxylic acids is 2. The number of fused-ring (bicyclic) bond motifs is 2. The number of aromatic nitrogens is 5. The quantitative estimate of drug-likeness (QED) is 0.336. The first-order chi connectivity index (χ1) is 19.1. The van der Waals surface area contributed by atoms with Gasteiger partial charge in [0.2, 0.25) is 0 Å². The Morgan fingerprint density at radius 3 is 3.03 bits per heavy atom. The van der Waals surface area contributed by atoms with Crippen molar-refractivity contribution in [3.63, 3.8) is 0 Å². The van der Waals surface area contributed by atoms with Gasteiger partial charge in [-0.25, -0.2) is 14.8 Å². The Morgan fingerprint density at radius 1 is 1.26 bits per heavy atom. The first kappa shape index (κ1) is 24.6. The van der Waals surface area contributed by atoms with Crippen molar-refractivity contribution < 1.29 is 23.8 Å². The minimum atomic E-state index is -0.505. The van der Waals surface area contributed by atoms with Gasteiger partial charge in [0, 0.05) is 0 Å². The fourth-order valence-electron chi connectivity index (χ4n) is 4.99. The number of benzene rings is 1. The van der Waals surface area contributed by atoms with E-state index in [9.17, 15) is 14.9 Å². The molecule has 200 valence electrons. The van der Waals surface area contributed by atoms with Crippen molar-refractivity contribution in [1.82, 2.24) is 30.7 Å². The lowest BCUT2D eigenvalue weighted by Gasteiger charge is -2.18. The minimum Gasteiger partial charge on any atom is -0.487 e. The third kappa shape index (κ3) is 5.30. The molecular formula is C25H25N9O5. The molecule has 2 aromatic heterocycles. The van der Waals surface area contributed by atoms with Gasteiger partial charge < -0.3 is 24.8 Å². The van der Waals surface area contributed by atoms with Crippen molar-refractivity contribution >= 4 is 23.6 Å². The maximum Gasteiger partial charge on any atom is 0.415 e. The average Bonchev–Trinajstić information content (AvgIpc) is 3.69. The van der Waals surface area contributed by atoms with E-state index in [1.54, 1.807) is 12.3 Å². The van der Waals surface area contributed by atoms with E-state index in [1.807, 2.05) is 6.07 Å². The van der Waals surface area contributed by atoms with Crippen molar-refractivity contribution in [1.29, 1.82) is 5.26 Å². The van der Waals surface area contributed by atoms with Gasteiger partial charge in [0.05, 0.1) is 36.3 Å². The molecule has 1 aromatic carbocycles. The zero-order valence-electron chi connectivity index (χ0n) is 20.8. The highest BCUT2D eigenvalue weighted by atomic mass is 16.6. The summed E-state index contributed by atoms with van der Waals surface area (Å²) < 4.78 is 16.6. The average molecular weight is 532 g/mol. The summed E-state index contributed by atoms with van der Waals surface area (Å²) in [6, 6.07) is 6.10. The van der Waals surface area contributed by atoms with Crippen molar-refractivity contribution in [2.45, 2.75) is 32.0 Å². The Kier molecular flexibility index (Phi) is 6.64. The largest absolute Gasteiger partial charge is 0.487 e. The molecule has 14 nitrogen and oxygen atoms in total. The number of ether oxygens (including phenoxy) is 3. The van der Waals surface area contributed by atoms with Gasteiger partial charge in [0.1, 0.15) is 18.5 Å². The summed E-state index contributed by atoms with van der Waals surface area (Å²) in [4.78, 5) is 33.8. The molecule has 4 heterocycles. The highest BCUT2D eigenvalue weighted by Crippen LogP contribution is 2.33. The molecule has 2 unspecified atom stereocenters. The van der Waals surface area contributed by atoms with Gasteiger partial charge in [-0.3, -0.25) is 14.8 Å². The predicted molar refractivity (Wildman–Crippen MR) is 134 cm³/mol. The lowest BCUT2D eigenvalue weighted by Crippen LogP contribution is -2.30. The van der Waals surface area contributed by atoms with Crippen LogP contribution in [0.15, 0.2) is 24.5 Å². The van der Waals surface area contributed by atoms with E-state index in [2.05, 4.69) is 42.1 Å². The van der Waals surface area contributed by atoms with Crippen molar-refractivity contribution in [2.75, 3.05) is 36.5 Å². The molecule has 0 bridgehead atoms. The molecule has 0 saturated carbocycles. The summed E-state index contributed by atoms with van der Waals surface area (Å²) in [5, 5.41) is 25.9. The Morgan fingerprint density at radius 2 is 2.18 bits per heavy atom. The molecule has 14 heteroatoms. The van der Waals surface area contributed by atoms with Crippen LogP contribution in [0.5, 0.6) is 11.6 Å². The molecule has 2 atom stereocenters. The minimum absolute atomic E-state index is 0.117. The van der Waals surface area contributed by atoms with Gasteiger partial charge >= 0.3 is 6.09 Å². The van der Waals surface area contributed by atoms with Crippen molar-refractivity contribution in [2.24, 2.45) is 5.92 Å². The molecule has 2 aliphatic heterocycles. The van der Waals surface area contributed by atoms with E-state index >= 15 is 0 Å². The highest BCUT2D eigenvalue weighted by molar-refractivity contribution is 5.94. The number of anilines is 2. The van der Waals surface area contributed by atoms with Crippen LogP contribution in [0.25, 0.3) is 0 Å². The van der Waals surface area contributed by atoms with Crippen LogP contribution in [0, 0.1) is 17.2 Å². The number of cyclic esters (lactones) is 1. The van der Waals surface area contributed by atoms with E-state index < -0.39 is 6.09 Å². The molecule has 0 radical (unpaired) electrons. The van der Waals surface area contributed by atoms with Crippen LogP contribution >= 0.6 is 0 Å². The lowest BCUT2D eigenvalue weighted by atomic mass is 10.0. The van der Waals surface area contributed by atoms with E-state index in [4.69, 9.17) is 14.2 Å². The Bertz CT molecular complexity index is 1440. The molecule has 0 spiro atoms. The number of hydrogen-bond donors (Lipinski definition) is 3. The molecule has 39 heavy (non-hydrogen) atoms. The number of hydrogen-bond acceptors (Lipinski definition) is 11. The first-order valence-corrected chi connectivity index (χ1v) is 12.6. The predicted octanol–water partition coefficient (Wildman–Crippen LogP) is 1.10. The Labute approximate surface area is 222 Å². The standard InChI is InChI=1S/C25H25N9O5/c26-7-16-6-19(37-12-17-9-29-33-32-17)5-15-3-14(4-20(15)16)8-27-2-1-18-11-34(25(36)39-18)21-10-28-24-23(30-21)31-22(35)13-38-24/h5-6,9-10,14,18,27H,1-4,8,11-13H2,(H,29,32,33)(H,30,31,35). The summed E-state index contributed by atoms with van der Waals surface area (Å²) in [7, 11) is 0. The second-order valence-corrected chi connectivity index (χ2v) is 9.59. The number of carbonyl (C=O) groups is 2. The number of nitrogens with one attached hydrogen (secondary N) is 3. The molecule has 6 rings (SSSR count). The maximum atomic E-state index is 12.4. The van der Waals surface area contributed by atoms with Crippen LogP contribution in [0.4, 0.5) is 16.4 Å². The molecule has 1 saturated heterocycles. The smallest absolute Gasteiger partial charge is 0.415 e. The van der Waals surface area contributed by atoms with Crippen molar-refractivity contribution in [3.8, 4) is 17.7 Å². The lowest BCUT2D eigenvalue weighted by molar-refractivity contribution is -0.118. The molecule has 3 N–H and O–H groups in total. The summed E-state index contributed by atoms with van der Waals surface area (Å²) in [5.41, 5.74) is 3.60. The second-order valence-electron chi connectivity index (χ2n) is 9.59. The van der Waals surface area contributed by atoms with Crippen molar-refractivity contribution in [3.05, 3.63) is 46.9 Å². The van der Waals surface area contributed by atoms with Gasteiger partial charge in [0.15, 0.2) is 18.2 Å². The molecule has 2 amide bonds. The number of aromatic amines is 1. The molecule has 1 aliphatic carbocycles. The van der Waals surface area contributed by atoms with Gasteiger partial charge in [-0.2, -0.15) is 5.26 Å². The first-order valence-electron chi connectivity index (χ1n) is 12.6. The van der Waals surface area contributed by atoms with Crippen LogP contribution in [0.3, 0.4) is 0 Å². The fraction of sp³-hybridized carbons (Fsp3) is 0.400. The third-order valence-corrected chi connectivity index (χ3v) is 6.85. The number of H-pyrrole nitrogens is 1. The van der Waals surface area contributed by atoms with Crippen LogP contribution in [0.2, 0.25) is 0 Å². The summed E-state index contributed by atoms with van der Waals surface area (Å²) in [5.74, 6) is 1.38. The number of nitriles is 1. The zero-order chi connectivity index (χ0) is 26.8. The van der Waals surface area contributed by atoms with Crippen LogP contribution < -0.4 is 25.0 Å². The second kappa shape index (κ2) is 10.5. The highest BCUT2D eigenvalue weighted by Gasteiger charge is 2.34. The monoisotopic (exact) mass is 531 g/mol. The van der Waals surface area contributed by atoms with Crippen LogP contribution in [-0.4, -0.2) is 69.7 Å². The molecular weight excluding hydrogens is 506 g/mol. The molecule has 1 fully saturated rings. The number of nitrogens with zero attached hydrogens (tertiary/aromatic N) is 6. The molecule has 3 aliphatic rings. The van der Waals surface area contributed by atoms with Gasteiger partial charge in [-0.15, -0.1) is 5.10 Å². The van der Waals surface area contributed by atoms with Gasteiger partial charge in [0.25, 0.3) is 11.8 Å². The molecule has 3 aromatic rings. The Balaban J connectivity index is 0.979. The normalized spacial score (nSPS) is 19.5. The number of amides is 2. The zero-order valence-corrected chi connectivity index (χ0v) is 20.8. The summed E-state index contributed by atoms with van der Waals surface area (Å²) >= 11 is 0. The fourth-order valence-corrected chi connectivity index (χ4v) is 4.99.